The summed E-state index contributed by atoms with van der Waals surface area (Å²) in [5.74, 6) is 0. The molecule has 10 aromatic carbocycles. The summed E-state index contributed by atoms with van der Waals surface area (Å²) in [6.45, 7) is 4.71. The molecule has 1 aromatic heterocycles. The van der Waals surface area contributed by atoms with Gasteiger partial charge >= 0.3 is 0 Å². The molecule has 2 heteroatoms. The van der Waals surface area contributed by atoms with E-state index in [1.54, 1.807) is 0 Å². The minimum absolute atomic E-state index is 0.0648. The van der Waals surface area contributed by atoms with E-state index in [0.29, 0.717) is 0 Å². The Bertz CT molecular complexity index is 3530. The quantitative estimate of drug-likeness (QED) is 0.155. The fourth-order valence-electron chi connectivity index (χ4n) is 10.3. The van der Waals surface area contributed by atoms with E-state index in [4.69, 9.17) is 0 Å². The van der Waals surface area contributed by atoms with E-state index in [0.717, 1.165) is 17.1 Å². The Morgan fingerprint density at radius 1 is 0.349 bits per heavy atom. The van der Waals surface area contributed by atoms with Gasteiger partial charge in [-0.25, -0.2) is 0 Å². The van der Waals surface area contributed by atoms with Crippen molar-refractivity contribution in [1.82, 2.24) is 0 Å². The molecule has 0 spiro atoms. The number of rotatable bonds is 7. The summed E-state index contributed by atoms with van der Waals surface area (Å²) in [6.07, 6.45) is 0. The first-order chi connectivity index (χ1) is 31.0. The molecule has 63 heavy (non-hydrogen) atoms. The van der Waals surface area contributed by atoms with E-state index in [9.17, 15) is 0 Å². The number of para-hydroxylation sites is 2. The zero-order valence-corrected chi connectivity index (χ0v) is 36.0. The molecule has 0 amide bonds. The third kappa shape index (κ3) is 6.05. The van der Waals surface area contributed by atoms with E-state index < -0.39 is 0 Å². The SMILES string of the molecule is CC1(C)c2ccccc2-c2ccc(-c3ccc(N(c4ccccc4-c4cccc5cccc(-c6ccccc6)c45)c4ccccc4-c4cccc5sc6ccccc6c45)cc3)cc21. The zero-order valence-electron chi connectivity index (χ0n) is 35.2. The van der Waals surface area contributed by atoms with Gasteiger partial charge in [0.2, 0.25) is 0 Å². The van der Waals surface area contributed by atoms with E-state index in [2.05, 4.69) is 243 Å². The lowest BCUT2D eigenvalue weighted by Crippen LogP contribution is -2.14. The molecule has 12 rings (SSSR count). The molecule has 11 aromatic rings. The largest absolute Gasteiger partial charge is 0.309 e. The van der Waals surface area contributed by atoms with E-state index in [-0.39, 0.29) is 5.41 Å². The Hall–Kier alpha value is -7.52. The Morgan fingerprint density at radius 2 is 0.889 bits per heavy atom. The first kappa shape index (κ1) is 37.3. The van der Waals surface area contributed by atoms with Crippen molar-refractivity contribution < 1.29 is 0 Å². The van der Waals surface area contributed by atoms with Gasteiger partial charge in [0, 0.05) is 42.4 Å². The first-order valence-corrected chi connectivity index (χ1v) is 22.7. The van der Waals surface area contributed by atoms with Crippen LogP contribution in [0.4, 0.5) is 17.1 Å². The Balaban J connectivity index is 1.07. The fraction of sp³-hybridized carbons (Fsp3) is 0.0492. The molecule has 0 saturated carbocycles. The predicted molar refractivity (Wildman–Crippen MR) is 271 cm³/mol. The Morgan fingerprint density at radius 3 is 1.63 bits per heavy atom. The van der Waals surface area contributed by atoms with E-state index in [1.165, 1.54) is 97.7 Å². The van der Waals surface area contributed by atoms with E-state index in [1.807, 2.05) is 11.3 Å². The lowest BCUT2D eigenvalue weighted by Gasteiger charge is -2.30. The summed E-state index contributed by atoms with van der Waals surface area (Å²) in [4.78, 5) is 2.49. The number of hydrogen-bond acceptors (Lipinski definition) is 2. The molecule has 0 radical (unpaired) electrons. The highest BCUT2D eigenvalue weighted by Gasteiger charge is 2.35. The molecule has 298 valence electrons. The molecule has 0 aliphatic heterocycles. The van der Waals surface area contributed by atoms with Crippen molar-refractivity contribution in [3.05, 3.63) is 236 Å². The molecular formula is C61H43NS. The molecule has 0 bridgehead atoms. The monoisotopic (exact) mass is 821 g/mol. The van der Waals surface area contributed by atoms with Crippen LogP contribution in [0.5, 0.6) is 0 Å². The van der Waals surface area contributed by atoms with Crippen molar-refractivity contribution in [1.29, 1.82) is 0 Å². The van der Waals surface area contributed by atoms with Crippen LogP contribution in [0.25, 0.3) is 86.6 Å². The minimum Gasteiger partial charge on any atom is -0.309 e. The number of nitrogens with zero attached hydrogens (tertiary/aromatic N) is 1. The van der Waals surface area contributed by atoms with Crippen LogP contribution in [0, 0.1) is 0 Å². The molecule has 0 fully saturated rings. The van der Waals surface area contributed by atoms with Gasteiger partial charge in [0.25, 0.3) is 0 Å². The van der Waals surface area contributed by atoms with Gasteiger partial charge in [0.05, 0.1) is 11.4 Å². The average Bonchev–Trinajstić information content (AvgIpc) is 3.84. The van der Waals surface area contributed by atoms with Gasteiger partial charge < -0.3 is 4.90 Å². The smallest absolute Gasteiger partial charge is 0.0540 e. The maximum Gasteiger partial charge on any atom is 0.0540 e. The first-order valence-electron chi connectivity index (χ1n) is 21.8. The van der Waals surface area contributed by atoms with Crippen molar-refractivity contribution in [2.45, 2.75) is 19.3 Å². The standard InChI is InChI=1S/C61H43NS/c1-61(2)53-28-10-6-21-46(53)47-38-35-43(39-54(47)61)40-33-36-44(37-34-40)62(56-30-12-8-23-49(56)51-27-16-32-58-60(51)52-24-9-13-31-57(52)63-58)55-29-11-7-22-48(55)50-26-15-20-42-19-14-25-45(59(42)50)41-17-4-3-5-18-41/h3-39H,1-2H3. The van der Waals surface area contributed by atoms with Gasteiger partial charge in [-0.05, 0) is 109 Å². The maximum atomic E-state index is 2.49. The Kier molecular flexibility index (Phi) is 8.77. The summed E-state index contributed by atoms with van der Waals surface area (Å²) in [6, 6.07) is 82.9. The lowest BCUT2D eigenvalue weighted by atomic mass is 9.81. The highest BCUT2D eigenvalue weighted by molar-refractivity contribution is 7.25. The van der Waals surface area contributed by atoms with E-state index >= 15 is 0 Å². The molecule has 0 unspecified atom stereocenters. The molecule has 1 aliphatic carbocycles. The van der Waals surface area contributed by atoms with Crippen LogP contribution in [0.3, 0.4) is 0 Å². The Labute approximate surface area is 372 Å². The van der Waals surface area contributed by atoms with Crippen LogP contribution >= 0.6 is 11.3 Å². The van der Waals surface area contributed by atoms with Crippen LogP contribution in [-0.4, -0.2) is 0 Å². The van der Waals surface area contributed by atoms with Crippen molar-refractivity contribution in [3.8, 4) is 55.6 Å². The normalized spacial score (nSPS) is 12.7. The lowest BCUT2D eigenvalue weighted by molar-refractivity contribution is 0.660. The third-order valence-corrected chi connectivity index (χ3v) is 14.4. The van der Waals surface area contributed by atoms with Gasteiger partial charge in [0.1, 0.15) is 0 Å². The molecule has 0 N–H and O–H groups in total. The second-order valence-corrected chi connectivity index (χ2v) is 18.3. The second-order valence-electron chi connectivity index (χ2n) is 17.2. The topological polar surface area (TPSA) is 3.24 Å². The minimum atomic E-state index is -0.0648. The summed E-state index contributed by atoms with van der Waals surface area (Å²) in [5.41, 5.74) is 18.4. The van der Waals surface area contributed by atoms with Gasteiger partial charge in [-0.1, -0.05) is 196 Å². The summed E-state index contributed by atoms with van der Waals surface area (Å²) < 4.78 is 2.60. The highest BCUT2D eigenvalue weighted by atomic mass is 32.1. The number of thiophene rings is 1. The molecule has 0 saturated heterocycles. The molecule has 1 heterocycles. The zero-order chi connectivity index (χ0) is 42.1. The molecule has 0 atom stereocenters. The maximum absolute atomic E-state index is 2.49. The van der Waals surface area contributed by atoms with Crippen LogP contribution in [-0.2, 0) is 5.41 Å². The fourth-order valence-corrected chi connectivity index (χ4v) is 11.4. The molecule has 1 nitrogen and oxygen atoms in total. The number of hydrogen-bond donors (Lipinski definition) is 0. The number of benzene rings is 10. The number of fused-ring (bicyclic) bond motifs is 7. The third-order valence-electron chi connectivity index (χ3n) is 13.3. The summed E-state index contributed by atoms with van der Waals surface area (Å²) in [7, 11) is 0. The van der Waals surface area contributed by atoms with Crippen LogP contribution in [0.1, 0.15) is 25.0 Å². The van der Waals surface area contributed by atoms with Crippen LogP contribution in [0.2, 0.25) is 0 Å². The highest BCUT2D eigenvalue weighted by Crippen LogP contribution is 2.51. The summed E-state index contributed by atoms with van der Waals surface area (Å²) >= 11 is 1.87. The van der Waals surface area contributed by atoms with Gasteiger partial charge in [-0.2, -0.15) is 0 Å². The van der Waals surface area contributed by atoms with Crippen molar-refractivity contribution >= 4 is 59.3 Å². The van der Waals surface area contributed by atoms with Crippen molar-refractivity contribution in [2.75, 3.05) is 4.90 Å². The second kappa shape index (κ2) is 14.8. The molecular weight excluding hydrogens is 779 g/mol. The van der Waals surface area contributed by atoms with Gasteiger partial charge in [-0.15, -0.1) is 11.3 Å². The number of anilines is 3. The van der Waals surface area contributed by atoms with Gasteiger partial charge in [-0.3, -0.25) is 0 Å². The van der Waals surface area contributed by atoms with Crippen LogP contribution in [0.15, 0.2) is 224 Å². The van der Waals surface area contributed by atoms with Crippen molar-refractivity contribution in [2.24, 2.45) is 0 Å². The predicted octanol–water partition coefficient (Wildman–Crippen LogP) is 17.7. The van der Waals surface area contributed by atoms with Crippen molar-refractivity contribution in [3.63, 3.8) is 0 Å². The van der Waals surface area contributed by atoms with Crippen LogP contribution < -0.4 is 4.90 Å². The molecule has 1 aliphatic rings. The van der Waals surface area contributed by atoms with Gasteiger partial charge in [0.15, 0.2) is 0 Å². The summed E-state index contributed by atoms with van der Waals surface area (Å²) in [5, 5.41) is 5.07. The average molecular weight is 822 g/mol.